The number of carbonyl (C=O) groups excluding carboxylic acids is 1. The molecule has 7 heteroatoms. The Bertz CT molecular complexity index is 669. The molecule has 0 aliphatic rings. The molecule has 0 saturated heterocycles. The molecule has 0 N–H and O–H groups in total. The van der Waals surface area contributed by atoms with Crippen molar-refractivity contribution in [1.82, 2.24) is 9.55 Å². The molecule has 0 fully saturated rings. The van der Waals surface area contributed by atoms with Gasteiger partial charge in [0.25, 0.3) is 0 Å². The number of halogens is 1. The van der Waals surface area contributed by atoms with Gasteiger partial charge < -0.3 is 4.57 Å². The van der Waals surface area contributed by atoms with E-state index in [1.165, 1.54) is 6.20 Å². The van der Waals surface area contributed by atoms with Crippen LogP contribution in [0.15, 0.2) is 41.1 Å². The minimum atomic E-state index is -0.486. The summed E-state index contributed by atoms with van der Waals surface area (Å²) in [5.74, 6) is -0.375. The zero-order valence-electron chi connectivity index (χ0n) is 11.4. The van der Waals surface area contributed by atoms with Gasteiger partial charge in [-0.05, 0) is 11.6 Å². The Morgan fingerprint density at radius 3 is 2.76 bits per heavy atom. The molecule has 1 aromatic carbocycles. The largest absolute Gasteiger partial charge is 0.332 e. The summed E-state index contributed by atoms with van der Waals surface area (Å²) in [6.07, 6.45) is 3.26. The highest BCUT2D eigenvalue weighted by Gasteiger charge is 2.25. The van der Waals surface area contributed by atoms with E-state index in [4.69, 9.17) is 0 Å². The summed E-state index contributed by atoms with van der Waals surface area (Å²) in [4.78, 5) is 26.8. The lowest BCUT2D eigenvalue weighted by Gasteiger charge is -2.14. The zero-order chi connectivity index (χ0) is 15.4. The third kappa shape index (κ3) is 3.75. The Labute approximate surface area is 130 Å². The predicted octanol–water partition coefficient (Wildman–Crippen LogP) is 2.82. The minimum Gasteiger partial charge on any atom is -0.332 e. The number of benzene rings is 1. The quantitative estimate of drug-likeness (QED) is 0.455. The summed E-state index contributed by atoms with van der Waals surface area (Å²) in [6.45, 7) is -0.293. The van der Waals surface area contributed by atoms with Crippen molar-refractivity contribution in [3.8, 4) is 0 Å². The predicted molar refractivity (Wildman–Crippen MR) is 80.9 cm³/mol. The second kappa shape index (κ2) is 6.62. The van der Waals surface area contributed by atoms with E-state index in [9.17, 15) is 14.9 Å². The molecule has 1 atom stereocenters. The van der Waals surface area contributed by atoms with Crippen LogP contribution < -0.4 is 0 Å². The first kappa shape index (κ1) is 15.4. The fourth-order valence-electron chi connectivity index (χ4n) is 2.21. The average Bonchev–Trinajstić information content (AvgIpc) is 2.84. The Morgan fingerprint density at radius 2 is 2.19 bits per heavy atom. The van der Waals surface area contributed by atoms with Crippen LogP contribution in [0.3, 0.4) is 0 Å². The van der Waals surface area contributed by atoms with Crippen molar-refractivity contribution < 1.29 is 9.72 Å². The van der Waals surface area contributed by atoms with Crippen molar-refractivity contribution in [2.24, 2.45) is 7.05 Å². The molecule has 0 radical (unpaired) electrons. The van der Waals surface area contributed by atoms with Gasteiger partial charge in [-0.2, -0.15) is 0 Å². The summed E-state index contributed by atoms with van der Waals surface area (Å²) >= 11 is 3.39. The Hall–Kier alpha value is -2.02. The van der Waals surface area contributed by atoms with E-state index in [0.717, 1.165) is 10.0 Å². The maximum Gasteiger partial charge on any atom is 0.211 e. The molecule has 0 saturated carbocycles. The highest BCUT2D eigenvalue weighted by Crippen LogP contribution is 2.28. The van der Waals surface area contributed by atoms with Crippen LogP contribution in [0, 0.1) is 10.1 Å². The number of aromatic nitrogens is 2. The van der Waals surface area contributed by atoms with E-state index in [2.05, 4.69) is 20.9 Å². The van der Waals surface area contributed by atoms with Gasteiger partial charge in [0, 0.05) is 35.3 Å². The molecule has 1 heterocycles. The van der Waals surface area contributed by atoms with Gasteiger partial charge in [-0.1, -0.05) is 34.1 Å². The lowest BCUT2D eigenvalue weighted by atomic mass is 9.93. The van der Waals surface area contributed by atoms with Crippen LogP contribution in [0.1, 0.15) is 28.5 Å². The fourth-order valence-corrected chi connectivity index (χ4v) is 2.82. The number of nitro groups is 1. The van der Waals surface area contributed by atoms with Gasteiger partial charge in [0.1, 0.15) is 0 Å². The second-order valence-electron chi connectivity index (χ2n) is 4.72. The molecule has 2 rings (SSSR count). The number of hydrogen-bond acceptors (Lipinski definition) is 4. The van der Waals surface area contributed by atoms with Gasteiger partial charge in [-0.3, -0.25) is 14.9 Å². The number of imidazole rings is 1. The number of Topliss-reactive ketones (excluding diaryl/α,β-unsaturated/α-hetero) is 1. The van der Waals surface area contributed by atoms with Crippen LogP contribution in [0.2, 0.25) is 0 Å². The molecule has 2 aromatic rings. The maximum atomic E-state index is 12.3. The number of ketones is 1. The highest BCUT2D eigenvalue weighted by molar-refractivity contribution is 9.10. The van der Waals surface area contributed by atoms with E-state index in [0.29, 0.717) is 5.82 Å². The highest BCUT2D eigenvalue weighted by atomic mass is 79.9. The topological polar surface area (TPSA) is 78.0 Å². The molecule has 0 amide bonds. The van der Waals surface area contributed by atoms with Crippen molar-refractivity contribution in [2.45, 2.75) is 12.3 Å². The standard InChI is InChI=1S/C14H14BrN3O3/c1-17-7-6-16-14(17)13(19)8-10(9-18(20)21)11-4-2-3-5-12(11)15/h2-7,10H,8-9H2,1H3. The van der Waals surface area contributed by atoms with Crippen molar-refractivity contribution in [1.29, 1.82) is 0 Å². The summed E-state index contributed by atoms with van der Waals surface area (Å²) in [7, 11) is 1.72. The van der Waals surface area contributed by atoms with E-state index in [1.54, 1.807) is 29.9 Å². The lowest BCUT2D eigenvalue weighted by Crippen LogP contribution is -2.18. The number of hydrogen-bond donors (Lipinski definition) is 0. The SMILES string of the molecule is Cn1ccnc1C(=O)CC(C[N+](=O)[O-])c1ccccc1Br. The number of rotatable bonds is 6. The molecular formula is C14H14BrN3O3. The smallest absolute Gasteiger partial charge is 0.211 e. The summed E-state index contributed by atoms with van der Waals surface area (Å²) in [5.41, 5.74) is 0.761. The number of aryl methyl sites for hydroxylation is 1. The van der Waals surface area contributed by atoms with Gasteiger partial charge in [0.2, 0.25) is 6.54 Å². The third-order valence-electron chi connectivity index (χ3n) is 3.22. The van der Waals surface area contributed by atoms with E-state index < -0.39 is 10.8 Å². The fraction of sp³-hybridized carbons (Fsp3) is 0.286. The van der Waals surface area contributed by atoms with Crippen LogP contribution in [-0.4, -0.2) is 26.8 Å². The first-order valence-electron chi connectivity index (χ1n) is 6.35. The van der Waals surface area contributed by atoms with Gasteiger partial charge >= 0.3 is 0 Å². The first-order valence-corrected chi connectivity index (χ1v) is 7.15. The molecule has 0 spiro atoms. The second-order valence-corrected chi connectivity index (χ2v) is 5.58. The Kier molecular flexibility index (Phi) is 4.85. The zero-order valence-corrected chi connectivity index (χ0v) is 13.0. The first-order chi connectivity index (χ1) is 9.99. The van der Waals surface area contributed by atoms with Gasteiger partial charge in [-0.25, -0.2) is 4.98 Å². The summed E-state index contributed by atoms with van der Waals surface area (Å²) in [5, 5.41) is 10.9. The van der Waals surface area contributed by atoms with Crippen LogP contribution in [0.5, 0.6) is 0 Å². The Morgan fingerprint density at radius 1 is 1.48 bits per heavy atom. The lowest BCUT2D eigenvalue weighted by molar-refractivity contribution is -0.483. The van der Waals surface area contributed by atoms with Crippen molar-refractivity contribution in [3.05, 3.63) is 62.6 Å². The van der Waals surface area contributed by atoms with Crippen LogP contribution in [-0.2, 0) is 7.05 Å². The van der Waals surface area contributed by atoms with Crippen molar-refractivity contribution >= 4 is 21.7 Å². The Balaban J connectivity index is 2.25. The van der Waals surface area contributed by atoms with E-state index in [-0.39, 0.29) is 18.7 Å². The van der Waals surface area contributed by atoms with E-state index in [1.807, 2.05) is 12.1 Å². The third-order valence-corrected chi connectivity index (χ3v) is 3.94. The molecule has 0 aliphatic heterocycles. The monoisotopic (exact) mass is 351 g/mol. The molecule has 1 aromatic heterocycles. The summed E-state index contributed by atoms with van der Waals surface area (Å²) < 4.78 is 2.38. The van der Waals surface area contributed by atoms with Crippen LogP contribution in [0.4, 0.5) is 0 Å². The molecule has 21 heavy (non-hydrogen) atoms. The molecule has 1 unspecified atom stereocenters. The van der Waals surface area contributed by atoms with Gasteiger partial charge in [0.05, 0.1) is 5.92 Å². The van der Waals surface area contributed by atoms with Gasteiger partial charge in [-0.15, -0.1) is 0 Å². The average molecular weight is 352 g/mol. The van der Waals surface area contributed by atoms with E-state index >= 15 is 0 Å². The summed E-state index contributed by atoms with van der Waals surface area (Å²) in [6, 6.07) is 7.24. The molecular weight excluding hydrogens is 338 g/mol. The molecule has 110 valence electrons. The maximum absolute atomic E-state index is 12.3. The minimum absolute atomic E-state index is 0.0500. The normalized spacial score (nSPS) is 12.1. The molecule has 0 bridgehead atoms. The van der Waals surface area contributed by atoms with Crippen LogP contribution in [0.25, 0.3) is 0 Å². The number of carbonyl (C=O) groups is 1. The van der Waals surface area contributed by atoms with Crippen molar-refractivity contribution in [2.75, 3.05) is 6.54 Å². The van der Waals surface area contributed by atoms with Crippen LogP contribution >= 0.6 is 15.9 Å². The molecule has 0 aliphatic carbocycles. The number of nitrogens with zero attached hydrogens (tertiary/aromatic N) is 3. The van der Waals surface area contributed by atoms with Crippen molar-refractivity contribution in [3.63, 3.8) is 0 Å². The molecule has 6 nitrogen and oxygen atoms in total. The van der Waals surface area contributed by atoms with Gasteiger partial charge in [0.15, 0.2) is 11.6 Å².